The van der Waals surface area contributed by atoms with Crippen LogP contribution in [0.2, 0.25) is 0 Å². The fourth-order valence-corrected chi connectivity index (χ4v) is 2.53. The van der Waals surface area contributed by atoms with Crippen LogP contribution in [0.5, 0.6) is 0 Å². The molecule has 0 spiro atoms. The zero-order valence-corrected chi connectivity index (χ0v) is 11.1. The fourth-order valence-electron chi connectivity index (χ4n) is 2.53. The van der Waals surface area contributed by atoms with Gasteiger partial charge in [-0.2, -0.15) is 0 Å². The normalized spacial score (nSPS) is 25.2. The Bertz CT molecular complexity index is 424. The van der Waals surface area contributed by atoms with Crippen molar-refractivity contribution < 1.29 is 9.90 Å². The second-order valence-corrected chi connectivity index (χ2v) is 5.11. The third-order valence-corrected chi connectivity index (χ3v) is 3.58. The van der Waals surface area contributed by atoms with Crippen LogP contribution < -0.4 is 11.1 Å². The SMILES string of the molecule is CN1C[C@@H](N)C[C@H]1C(=O)N[C@H](CO)c1ccccc1. The third-order valence-electron chi connectivity index (χ3n) is 3.58. The Labute approximate surface area is 113 Å². The third kappa shape index (κ3) is 3.32. The maximum atomic E-state index is 12.2. The molecule has 1 aromatic carbocycles. The van der Waals surface area contributed by atoms with E-state index in [1.807, 2.05) is 42.3 Å². The lowest BCUT2D eigenvalue weighted by Gasteiger charge is -2.22. The van der Waals surface area contributed by atoms with E-state index in [9.17, 15) is 9.90 Å². The molecule has 5 heteroatoms. The molecule has 104 valence electrons. The summed E-state index contributed by atoms with van der Waals surface area (Å²) in [5.74, 6) is -0.0710. The van der Waals surface area contributed by atoms with E-state index in [0.717, 1.165) is 12.1 Å². The van der Waals surface area contributed by atoms with Crippen molar-refractivity contribution in [3.63, 3.8) is 0 Å². The van der Waals surface area contributed by atoms with Crippen LogP contribution in [0.4, 0.5) is 0 Å². The number of hydrogen-bond acceptors (Lipinski definition) is 4. The fraction of sp³-hybridized carbons (Fsp3) is 0.500. The molecule has 0 saturated carbocycles. The summed E-state index contributed by atoms with van der Waals surface area (Å²) >= 11 is 0. The van der Waals surface area contributed by atoms with E-state index in [4.69, 9.17) is 5.73 Å². The highest BCUT2D eigenvalue weighted by atomic mass is 16.3. The molecule has 5 nitrogen and oxygen atoms in total. The summed E-state index contributed by atoms with van der Waals surface area (Å²) in [6.45, 7) is 0.617. The maximum absolute atomic E-state index is 12.2. The number of carbonyl (C=O) groups excluding carboxylic acids is 1. The quantitative estimate of drug-likeness (QED) is 0.707. The summed E-state index contributed by atoms with van der Waals surface area (Å²) in [6, 6.07) is 8.96. The molecular weight excluding hydrogens is 242 g/mol. The lowest BCUT2D eigenvalue weighted by atomic mass is 10.1. The molecule has 1 saturated heterocycles. The monoisotopic (exact) mass is 263 g/mol. The zero-order chi connectivity index (χ0) is 13.8. The predicted octanol–water partition coefficient (Wildman–Crippen LogP) is -0.132. The second-order valence-electron chi connectivity index (χ2n) is 5.11. The van der Waals surface area contributed by atoms with Gasteiger partial charge in [0.25, 0.3) is 0 Å². The molecule has 1 amide bonds. The number of aliphatic hydroxyl groups excluding tert-OH is 1. The number of hydrogen-bond donors (Lipinski definition) is 3. The van der Waals surface area contributed by atoms with Crippen LogP contribution in [0.3, 0.4) is 0 Å². The molecule has 2 rings (SSSR count). The second kappa shape index (κ2) is 6.14. The van der Waals surface area contributed by atoms with E-state index >= 15 is 0 Å². The van der Waals surface area contributed by atoms with E-state index in [1.165, 1.54) is 0 Å². The van der Waals surface area contributed by atoms with Crippen LogP contribution in [0.15, 0.2) is 30.3 Å². The molecule has 3 atom stereocenters. The standard InChI is InChI=1S/C14H21N3O2/c1-17-8-11(15)7-13(17)14(19)16-12(9-18)10-5-3-2-4-6-10/h2-6,11-13,18H,7-9,15H2,1H3,(H,16,19)/t11-,12+,13-/m0/s1. The van der Waals surface area contributed by atoms with Gasteiger partial charge in [0.05, 0.1) is 18.7 Å². The average Bonchev–Trinajstić information content (AvgIpc) is 2.76. The Morgan fingerprint density at radius 2 is 2.21 bits per heavy atom. The highest BCUT2D eigenvalue weighted by Crippen LogP contribution is 2.17. The summed E-state index contributed by atoms with van der Waals surface area (Å²) in [4.78, 5) is 14.2. The van der Waals surface area contributed by atoms with Crippen molar-refractivity contribution in [1.82, 2.24) is 10.2 Å². The van der Waals surface area contributed by atoms with Crippen molar-refractivity contribution in [3.05, 3.63) is 35.9 Å². The largest absolute Gasteiger partial charge is 0.394 e. The Balaban J connectivity index is 2.01. The molecule has 1 heterocycles. The number of nitrogens with zero attached hydrogens (tertiary/aromatic N) is 1. The molecule has 1 aromatic rings. The topological polar surface area (TPSA) is 78.6 Å². The molecule has 1 aliphatic rings. The van der Waals surface area contributed by atoms with Crippen LogP contribution in [0.25, 0.3) is 0 Å². The lowest BCUT2D eigenvalue weighted by molar-refractivity contribution is -0.126. The van der Waals surface area contributed by atoms with Gasteiger partial charge in [0.2, 0.25) is 5.91 Å². The van der Waals surface area contributed by atoms with Gasteiger partial charge in [-0.3, -0.25) is 9.69 Å². The van der Waals surface area contributed by atoms with Crippen LogP contribution in [-0.4, -0.2) is 48.2 Å². The van der Waals surface area contributed by atoms with E-state index in [-0.39, 0.29) is 30.6 Å². The van der Waals surface area contributed by atoms with E-state index < -0.39 is 0 Å². The summed E-state index contributed by atoms with van der Waals surface area (Å²) < 4.78 is 0. The number of likely N-dealkylation sites (tertiary alicyclic amines) is 1. The van der Waals surface area contributed by atoms with Crippen molar-refractivity contribution in [2.24, 2.45) is 5.73 Å². The summed E-state index contributed by atoms with van der Waals surface area (Å²) in [5, 5.41) is 12.3. The van der Waals surface area contributed by atoms with Gasteiger partial charge in [-0.05, 0) is 19.0 Å². The van der Waals surface area contributed by atoms with Gasteiger partial charge in [0.1, 0.15) is 0 Å². The van der Waals surface area contributed by atoms with Crippen LogP contribution in [0, 0.1) is 0 Å². The first kappa shape index (κ1) is 14.0. The minimum Gasteiger partial charge on any atom is -0.394 e. The van der Waals surface area contributed by atoms with Crippen LogP contribution in [-0.2, 0) is 4.79 Å². The first-order valence-corrected chi connectivity index (χ1v) is 6.54. The minimum absolute atomic E-state index is 0.0463. The average molecular weight is 263 g/mol. The highest BCUT2D eigenvalue weighted by Gasteiger charge is 2.33. The summed E-state index contributed by atoms with van der Waals surface area (Å²) in [6.07, 6.45) is 0.662. The Morgan fingerprint density at radius 3 is 2.74 bits per heavy atom. The minimum atomic E-state index is -0.362. The number of likely N-dealkylation sites (N-methyl/N-ethyl adjacent to an activating group) is 1. The van der Waals surface area contributed by atoms with Gasteiger partial charge in [0, 0.05) is 12.6 Å². The molecule has 19 heavy (non-hydrogen) atoms. The van der Waals surface area contributed by atoms with Crippen LogP contribution >= 0.6 is 0 Å². The molecule has 1 aliphatic heterocycles. The number of carbonyl (C=O) groups is 1. The van der Waals surface area contributed by atoms with Gasteiger partial charge >= 0.3 is 0 Å². The summed E-state index contributed by atoms with van der Waals surface area (Å²) in [7, 11) is 1.90. The zero-order valence-electron chi connectivity index (χ0n) is 11.1. The van der Waals surface area contributed by atoms with Gasteiger partial charge in [-0.1, -0.05) is 30.3 Å². The van der Waals surface area contributed by atoms with E-state index in [1.54, 1.807) is 0 Å². The molecule has 0 bridgehead atoms. The van der Waals surface area contributed by atoms with Gasteiger partial charge < -0.3 is 16.2 Å². The Hall–Kier alpha value is -1.43. The molecule has 0 radical (unpaired) electrons. The number of aliphatic hydroxyl groups is 1. The van der Waals surface area contributed by atoms with Crippen LogP contribution in [0.1, 0.15) is 18.0 Å². The smallest absolute Gasteiger partial charge is 0.237 e. The molecule has 4 N–H and O–H groups in total. The van der Waals surface area contributed by atoms with Crippen molar-refractivity contribution in [2.45, 2.75) is 24.5 Å². The number of nitrogens with one attached hydrogen (secondary N) is 1. The van der Waals surface area contributed by atoms with Crippen molar-refractivity contribution in [1.29, 1.82) is 0 Å². The van der Waals surface area contributed by atoms with Gasteiger partial charge in [-0.25, -0.2) is 0 Å². The predicted molar refractivity (Wildman–Crippen MR) is 73.4 cm³/mol. The number of nitrogens with two attached hydrogens (primary N) is 1. The number of rotatable bonds is 4. The first-order chi connectivity index (χ1) is 9.11. The number of amides is 1. The highest BCUT2D eigenvalue weighted by molar-refractivity contribution is 5.82. The Kier molecular flexibility index (Phi) is 4.52. The van der Waals surface area contributed by atoms with Gasteiger partial charge in [0.15, 0.2) is 0 Å². The van der Waals surface area contributed by atoms with E-state index in [2.05, 4.69) is 5.32 Å². The van der Waals surface area contributed by atoms with Crippen molar-refractivity contribution in [2.75, 3.05) is 20.2 Å². The maximum Gasteiger partial charge on any atom is 0.237 e. The first-order valence-electron chi connectivity index (χ1n) is 6.54. The number of benzene rings is 1. The molecule has 0 aliphatic carbocycles. The molecule has 0 aromatic heterocycles. The van der Waals surface area contributed by atoms with Gasteiger partial charge in [-0.15, -0.1) is 0 Å². The van der Waals surface area contributed by atoms with Crippen molar-refractivity contribution in [3.8, 4) is 0 Å². The molecule has 0 unspecified atom stereocenters. The van der Waals surface area contributed by atoms with E-state index in [0.29, 0.717) is 6.42 Å². The lowest BCUT2D eigenvalue weighted by Crippen LogP contribution is -2.43. The summed E-state index contributed by atoms with van der Waals surface area (Å²) in [5.41, 5.74) is 6.76. The molecular formula is C14H21N3O2. The van der Waals surface area contributed by atoms with Crippen molar-refractivity contribution >= 4 is 5.91 Å². The Morgan fingerprint density at radius 1 is 1.53 bits per heavy atom. The molecule has 1 fully saturated rings.